The lowest BCUT2D eigenvalue weighted by atomic mass is 9.74. The Labute approximate surface area is 149 Å². The average molecular weight is 332 g/mol. The summed E-state index contributed by atoms with van der Waals surface area (Å²) in [5.41, 5.74) is 3.53. The summed E-state index contributed by atoms with van der Waals surface area (Å²) in [4.78, 5) is 4.72. The zero-order chi connectivity index (χ0) is 17.0. The van der Waals surface area contributed by atoms with E-state index >= 15 is 0 Å². The van der Waals surface area contributed by atoms with Gasteiger partial charge in [0.15, 0.2) is 0 Å². The van der Waals surface area contributed by atoms with Crippen LogP contribution in [-0.4, -0.2) is 24.7 Å². The molecule has 1 aliphatic rings. The highest BCUT2D eigenvalue weighted by atomic mass is 16.5. The fraction of sp³-hybridized carbons (Fsp3) is 0.318. The van der Waals surface area contributed by atoms with Crippen molar-refractivity contribution >= 4 is 10.9 Å². The number of piperidine rings is 1. The lowest BCUT2D eigenvalue weighted by molar-refractivity contribution is 0.0550. The van der Waals surface area contributed by atoms with Crippen LogP contribution in [0, 0.1) is 0 Å². The van der Waals surface area contributed by atoms with E-state index in [1.165, 1.54) is 10.9 Å². The summed E-state index contributed by atoms with van der Waals surface area (Å²) in [6.07, 6.45) is 2.23. The molecule has 1 saturated heterocycles. The van der Waals surface area contributed by atoms with Gasteiger partial charge in [-0.2, -0.15) is 0 Å². The molecule has 0 bridgehead atoms. The van der Waals surface area contributed by atoms with Gasteiger partial charge >= 0.3 is 0 Å². The molecule has 3 nitrogen and oxygen atoms in total. The molecule has 3 aromatic rings. The predicted molar refractivity (Wildman–Crippen MR) is 102 cm³/mol. The van der Waals surface area contributed by atoms with Gasteiger partial charge in [-0.05, 0) is 43.6 Å². The first-order valence-corrected chi connectivity index (χ1v) is 9.04. The second-order valence-electron chi connectivity index (χ2n) is 6.88. The van der Waals surface area contributed by atoms with Gasteiger partial charge in [-0.25, -0.2) is 0 Å². The lowest BCUT2D eigenvalue weighted by Gasteiger charge is -2.38. The minimum absolute atomic E-state index is 0.114. The Hall–Kier alpha value is -2.23. The molecule has 1 aliphatic heterocycles. The molecule has 0 spiro atoms. The van der Waals surface area contributed by atoms with Gasteiger partial charge in [0.05, 0.1) is 24.4 Å². The molecule has 3 heteroatoms. The number of aromatic nitrogens is 1. The Bertz CT molecular complexity index is 826. The number of rotatable bonds is 5. The van der Waals surface area contributed by atoms with E-state index in [1.54, 1.807) is 0 Å². The highest BCUT2D eigenvalue weighted by molar-refractivity contribution is 5.78. The van der Waals surface area contributed by atoms with Crippen molar-refractivity contribution in [1.82, 2.24) is 10.3 Å². The maximum atomic E-state index is 6.18. The van der Waals surface area contributed by atoms with Gasteiger partial charge in [0.1, 0.15) is 0 Å². The highest BCUT2D eigenvalue weighted by Gasteiger charge is 2.34. The van der Waals surface area contributed by atoms with Gasteiger partial charge in [-0.1, -0.05) is 54.6 Å². The fourth-order valence-corrected chi connectivity index (χ4v) is 3.75. The molecule has 0 unspecified atom stereocenters. The molecule has 1 fully saturated rings. The molecule has 0 saturated carbocycles. The summed E-state index contributed by atoms with van der Waals surface area (Å²) in [6.45, 7) is 3.40. The number of fused-ring (bicyclic) bond motifs is 1. The third kappa shape index (κ3) is 3.58. The molecule has 2 aromatic carbocycles. The monoisotopic (exact) mass is 332 g/mol. The summed E-state index contributed by atoms with van der Waals surface area (Å²) in [7, 11) is 0. The van der Waals surface area contributed by atoms with Crippen LogP contribution in [0.3, 0.4) is 0 Å². The number of hydrogen-bond acceptors (Lipinski definition) is 3. The first-order chi connectivity index (χ1) is 12.4. The van der Waals surface area contributed by atoms with Gasteiger partial charge in [0, 0.05) is 10.8 Å². The summed E-state index contributed by atoms with van der Waals surface area (Å²) in [5.74, 6) is 0. The largest absolute Gasteiger partial charge is 0.374 e. The van der Waals surface area contributed by atoms with Crippen LogP contribution in [-0.2, 0) is 16.8 Å². The van der Waals surface area contributed by atoms with E-state index in [2.05, 4.69) is 59.9 Å². The Morgan fingerprint density at radius 3 is 2.48 bits per heavy atom. The van der Waals surface area contributed by atoms with E-state index in [1.807, 2.05) is 12.1 Å². The van der Waals surface area contributed by atoms with Crippen LogP contribution in [0.1, 0.15) is 24.1 Å². The Balaban J connectivity index is 1.47. The average Bonchev–Trinajstić information content (AvgIpc) is 2.69. The molecule has 0 atom stereocenters. The van der Waals surface area contributed by atoms with E-state index in [4.69, 9.17) is 9.72 Å². The molecule has 2 heterocycles. The fourth-order valence-electron chi connectivity index (χ4n) is 3.75. The van der Waals surface area contributed by atoms with Crippen LogP contribution < -0.4 is 5.32 Å². The number of ether oxygens (including phenoxy) is 1. The second-order valence-corrected chi connectivity index (χ2v) is 6.88. The van der Waals surface area contributed by atoms with Crippen LogP contribution in [0.5, 0.6) is 0 Å². The quantitative estimate of drug-likeness (QED) is 0.765. The van der Waals surface area contributed by atoms with Gasteiger partial charge in [-0.3, -0.25) is 4.98 Å². The third-order valence-electron chi connectivity index (χ3n) is 5.23. The van der Waals surface area contributed by atoms with Crippen LogP contribution in [0.2, 0.25) is 0 Å². The maximum absolute atomic E-state index is 6.18. The van der Waals surface area contributed by atoms with Gasteiger partial charge in [0.2, 0.25) is 0 Å². The Morgan fingerprint density at radius 1 is 0.880 bits per heavy atom. The van der Waals surface area contributed by atoms with Crippen molar-refractivity contribution in [3.63, 3.8) is 0 Å². The predicted octanol–water partition coefficient (Wildman–Crippen LogP) is 4.07. The van der Waals surface area contributed by atoms with Crippen molar-refractivity contribution in [2.45, 2.75) is 24.9 Å². The van der Waals surface area contributed by atoms with Crippen molar-refractivity contribution in [1.29, 1.82) is 0 Å². The number of benzene rings is 2. The number of nitrogens with one attached hydrogen (secondary N) is 1. The number of nitrogens with zero attached hydrogens (tertiary/aromatic N) is 1. The summed E-state index contributed by atoms with van der Waals surface area (Å²) < 4.78 is 6.18. The molecule has 1 N–H and O–H groups in total. The second kappa shape index (κ2) is 7.34. The molecule has 128 valence electrons. The van der Waals surface area contributed by atoms with E-state index in [0.29, 0.717) is 6.61 Å². The van der Waals surface area contributed by atoms with E-state index in [-0.39, 0.29) is 5.41 Å². The zero-order valence-corrected chi connectivity index (χ0v) is 14.4. The van der Waals surface area contributed by atoms with Crippen LogP contribution in [0.15, 0.2) is 66.7 Å². The molecule has 1 aromatic heterocycles. The Kier molecular flexibility index (Phi) is 4.77. The van der Waals surface area contributed by atoms with Crippen molar-refractivity contribution in [3.05, 3.63) is 78.0 Å². The first kappa shape index (κ1) is 16.2. The van der Waals surface area contributed by atoms with E-state index in [0.717, 1.165) is 43.7 Å². The summed E-state index contributed by atoms with van der Waals surface area (Å²) >= 11 is 0. The van der Waals surface area contributed by atoms with Crippen molar-refractivity contribution < 1.29 is 4.74 Å². The zero-order valence-electron chi connectivity index (χ0n) is 14.4. The van der Waals surface area contributed by atoms with Crippen molar-refractivity contribution in [2.75, 3.05) is 19.7 Å². The normalized spacial score (nSPS) is 16.8. The van der Waals surface area contributed by atoms with Crippen LogP contribution >= 0.6 is 0 Å². The van der Waals surface area contributed by atoms with Gasteiger partial charge in [0.25, 0.3) is 0 Å². The first-order valence-electron chi connectivity index (χ1n) is 9.04. The van der Waals surface area contributed by atoms with Crippen LogP contribution in [0.25, 0.3) is 10.9 Å². The van der Waals surface area contributed by atoms with Crippen LogP contribution in [0.4, 0.5) is 0 Å². The van der Waals surface area contributed by atoms with Gasteiger partial charge < -0.3 is 10.1 Å². The van der Waals surface area contributed by atoms with E-state index < -0.39 is 0 Å². The number of pyridine rings is 1. The molecule has 25 heavy (non-hydrogen) atoms. The SMILES string of the molecule is c1ccc(C2(COCc3ccc4ccccc4n3)CCNCC2)cc1. The molecular weight excluding hydrogens is 308 g/mol. The molecule has 4 rings (SSSR count). The third-order valence-corrected chi connectivity index (χ3v) is 5.23. The maximum Gasteiger partial charge on any atom is 0.0888 e. The number of hydrogen-bond donors (Lipinski definition) is 1. The topological polar surface area (TPSA) is 34.1 Å². The summed E-state index contributed by atoms with van der Waals surface area (Å²) in [5, 5.41) is 4.64. The standard InChI is InChI=1S/C22H24N2O/c1-2-7-19(8-3-1)22(12-14-23-15-13-22)17-25-16-20-11-10-18-6-4-5-9-21(18)24-20/h1-11,23H,12-17H2. The minimum atomic E-state index is 0.114. The number of para-hydroxylation sites is 1. The van der Waals surface area contributed by atoms with Crippen molar-refractivity contribution in [3.8, 4) is 0 Å². The smallest absolute Gasteiger partial charge is 0.0888 e. The molecule has 0 aliphatic carbocycles. The van der Waals surface area contributed by atoms with Crippen molar-refractivity contribution in [2.24, 2.45) is 0 Å². The summed E-state index contributed by atoms with van der Waals surface area (Å²) in [6, 6.07) is 23.2. The molecule has 0 amide bonds. The molecular formula is C22H24N2O. The van der Waals surface area contributed by atoms with Gasteiger partial charge in [-0.15, -0.1) is 0 Å². The van der Waals surface area contributed by atoms with E-state index in [9.17, 15) is 0 Å². The lowest BCUT2D eigenvalue weighted by Crippen LogP contribution is -2.43. The minimum Gasteiger partial charge on any atom is -0.374 e. The Morgan fingerprint density at radius 2 is 1.64 bits per heavy atom. The molecule has 0 radical (unpaired) electrons. The highest BCUT2D eigenvalue weighted by Crippen LogP contribution is 2.34.